The van der Waals surface area contributed by atoms with Crippen LogP contribution in [0, 0.1) is 0 Å². The van der Waals surface area contributed by atoms with Crippen LogP contribution in [0.1, 0.15) is 31.6 Å². The lowest BCUT2D eigenvalue weighted by Crippen LogP contribution is -2.34. The molecule has 1 aromatic rings. The molecule has 1 fully saturated rings. The van der Waals surface area contributed by atoms with Gasteiger partial charge in [0.2, 0.25) is 0 Å². The Hall–Kier alpha value is -2.09. The SMILES string of the molecule is CCCc1cn([C@@H]2CC(N=[N+]=[N-])[C@H](CN)O2)c(=O)[nH]c1=O. The summed E-state index contributed by atoms with van der Waals surface area (Å²) in [5, 5.41) is 3.65. The topological polar surface area (TPSA) is 139 Å². The minimum Gasteiger partial charge on any atom is -0.353 e. The van der Waals surface area contributed by atoms with E-state index in [4.69, 9.17) is 16.0 Å². The lowest BCUT2D eigenvalue weighted by atomic mass is 10.1. The smallest absolute Gasteiger partial charge is 0.330 e. The van der Waals surface area contributed by atoms with E-state index in [1.165, 1.54) is 10.8 Å². The molecule has 9 heteroatoms. The average Bonchev–Trinajstić information content (AvgIpc) is 2.85. The Kier molecular flexibility index (Phi) is 4.79. The molecule has 0 aromatic carbocycles. The number of aromatic nitrogens is 2. The van der Waals surface area contributed by atoms with Crippen LogP contribution in [0.4, 0.5) is 0 Å². The highest BCUT2D eigenvalue weighted by Crippen LogP contribution is 2.29. The number of hydrogen-bond donors (Lipinski definition) is 2. The Bertz CT molecular complexity index is 660. The fourth-order valence-electron chi connectivity index (χ4n) is 2.47. The lowest BCUT2D eigenvalue weighted by molar-refractivity contribution is 0.00154. The first kappa shape index (κ1) is 15.3. The van der Waals surface area contributed by atoms with E-state index in [0.717, 1.165) is 6.42 Å². The molecular formula is C12H18N6O3. The second-order valence-corrected chi connectivity index (χ2v) is 4.94. The Labute approximate surface area is 120 Å². The van der Waals surface area contributed by atoms with Crippen molar-refractivity contribution in [3.05, 3.63) is 43.0 Å². The van der Waals surface area contributed by atoms with E-state index in [1.54, 1.807) is 0 Å². The summed E-state index contributed by atoms with van der Waals surface area (Å²) in [4.78, 5) is 28.7. The second kappa shape index (κ2) is 6.57. The maximum atomic E-state index is 11.9. The predicted molar refractivity (Wildman–Crippen MR) is 75.8 cm³/mol. The molecule has 2 heterocycles. The second-order valence-electron chi connectivity index (χ2n) is 4.94. The molecule has 2 rings (SSSR count). The highest BCUT2D eigenvalue weighted by atomic mass is 16.5. The lowest BCUT2D eigenvalue weighted by Gasteiger charge is -2.15. The van der Waals surface area contributed by atoms with Crippen LogP contribution >= 0.6 is 0 Å². The molecule has 3 N–H and O–H groups in total. The Morgan fingerprint density at radius 2 is 2.38 bits per heavy atom. The molecule has 114 valence electrons. The van der Waals surface area contributed by atoms with Crippen molar-refractivity contribution in [3.8, 4) is 0 Å². The molecule has 0 saturated carbocycles. The van der Waals surface area contributed by atoms with Crippen LogP contribution in [0.2, 0.25) is 0 Å². The molecule has 1 unspecified atom stereocenters. The first-order chi connectivity index (χ1) is 10.1. The summed E-state index contributed by atoms with van der Waals surface area (Å²) in [7, 11) is 0. The van der Waals surface area contributed by atoms with E-state index in [9.17, 15) is 9.59 Å². The number of nitrogens with one attached hydrogen (secondary N) is 1. The fourth-order valence-corrected chi connectivity index (χ4v) is 2.47. The fraction of sp³-hybridized carbons (Fsp3) is 0.667. The van der Waals surface area contributed by atoms with E-state index in [1.807, 2.05) is 6.92 Å². The van der Waals surface area contributed by atoms with E-state index in [2.05, 4.69) is 15.0 Å². The van der Waals surface area contributed by atoms with Crippen molar-refractivity contribution in [1.29, 1.82) is 0 Å². The van der Waals surface area contributed by atoms with E-state index in [0.29, 0.717) is 18.4 Å². The third-order valence-corrected chi connectivity index (χ3v) is 3.51. The number of nitrogens with two attached hydrogens (primary N) is 1. The van der Waals surface area contributed by atoms with Crippen LogP contribution < -0.4 is 17.0 Å². The van der Waals surface area contributed by atoms with Gasteiger partial charge in [0.1, 0.15) is 6.23 Å². The summed E-state index contributed by atoms with van der Waals surface area (Å²) in [6.45, 7) is 2.14. The molecule has 0 radical (unpaired) electrons. The van der Waals surface area contributed by atoms with Gasteiger partial charge in [0.15, 0.2) is 0 Å². The van der Waals surface area contributed by atoms with Gasteiger partial charge in [-0.15, -0.1) is 0 Å². The van der Waals surface area contributed by atoms with E-state index < -0.39 is 24.1 Å². The van der Waals surface area contributed by atoms with Crippen LogP contribution in [-0.2, 0) is 11.2 Å². The minimum absolute atomic E-state index is 0.195. The first-order valence-corrected chi connectivity index (χ1v) is 6.84. The number of aryl methyl sites for hydroxylation is 1. The quantitative estimate of drug-likeness (QED) is 0.461. The van der Waals surface area contributed by atoms with Crippen molar-refractivity contribution in [1.82, 2.24) is 9.55 Å². The molecule has 0 aliphatic carbocycles. The summed E-state index contributed by atoms with van der Waals surface area (Å²) < 4.78 is 7.00. The van der Waals surface area contributed by atoms with Crippen LogP contribution in [0.5, 0.6) is 0 Å². The average molecular weight is 294 g/mol. The molecule has 21 heavy (non-hydrogen) atoms. The number of H-pyrrole nitrogens is 1. The summed E-state index contributed by atoms with van der Waals surface area (Å²) in [5.74, 6) is 0. The third-order valence-electron chi connectivity index (χ3n) is 3.51. The Morgan fingerprint density at radius 1 is 1.62 bits per heavy atom. The van der Waals surface area contributed by atoms with E-state index in [-0.39, 0.29) is 12.1 Å². The van der Waals surface area contributed by atoms with Gasteiger partial charge in [-0.1, -0.05) is 18.5 Å². The third kappa shape index (κ3) is 3.15. The van der Waals surface area contributed by atoms with Crippen molar-refractivity contribution in [2.75, 3.05) is 6.54 Å². The molecule has 1 aromatic heterocycles. The largest absolute Gasteiger partial charge is 0.353 e. The summed E-state index contributed by atoms with van der Waals surface area (Å²) in [6.07, 6.45) is 2.21. The maximum Gasteiger partial charge on any atom is 0.330 e. The minimum atomic E-state index is -0.589. The summed E-state index contributed by atoms with van der Waals surface area (Å²) >= 11 is 0. The number of rotatable bonds is 5. The van der Waals surface area contributed by atoms with Gasteiger partial charge in [-0.25, -0.2) is 4.79 Å². The zero-order valence-electron chi connectivity index (χ0n) is 11.7. The molecule has 1 aliphatic rings. The number of nitrogens with zero attached hydrogens (tertiary/aromatic N) is 4. The van der Waals surface area contributed by atoms with Gasteiger partial charge < -0.3 is 10.5 Å². The van der Waals surface area contributed by atoms with Crippen LogP contribution in [-0.4, -0.2) is 28.2 Å². The molecule has 3 atom stereocenters. The van der Waals surface area contributed by atoms with Crippen molar-refractivity contribution in [3.63, 3.8) is 0 Å². The zero-order chi connectivity index (χ0) is 15.4. The molecule has 0 amide bonds. The number of azide groups is 1. The van der Waals surface area contributed by atoms with Crippen molar-refractivity contribution in [2.24, 2.45) is 10.8 Å². The highest BCUT2D eigenvalue weighted by molar-refractivity contribution is 5.05. The van der Waals surface area contributed by atoms with Crippen LogP contribution in [0.15, 0.2) is 20.9 Å². The monoisotopic (exact) mass is 294 g/mol. The normalized spacial score (nSPS) is 24.8. The molecule has 1 aliphatic heterocycles. The first-order valence-electron chi connectivity index (χ1n) is 6.84. The molecule has 0 bridgehead atoms. The molecular weight excluding hydrogens is 276 g/mol. The maximum absolute atomic E-state index is 11.9. The van der Waals surface area contributed by atoms with Gasteiger partial charge in [0.05, 0.1) is 12.1 Å². The number of aromatic amines is 1. The van der Waals surface area contributed by atoms with Gasteiger partial charge in [-0.3, -0.25) is 14.3 Å². The van der Waals surface area contributed by atoms with Gasteiger partial charge in [0.25, 0.3) is 5.56 Å². The van der Waals surface area contributed by atoms with Gasteiger partial charge in [0, 0.05) is 29.6 Å². The Balaban J connectivity index is 2.34. The van der Waals surface area contributed by atoms with Crippen LogP contribution in [0.3, 0.4) is 0 Å². The predicted octanol–water partition coefficient (Wildman–Crippen LogP) is 0.414. The van der Waals surface area contributed by atoms with E-state index >= 15 is 0 Å². The number of ether oxygens (including phenoxy) is 1. The van der Waals surface area contributed by atoms with Crippen LogP contribution in [0.25, 0.3) is 10.4 Å². The van der Waals surface area contributed by atoms with Crippen molar-refractivity contribution >= 4 is 0 Å². The highest BCUT2D eigenvalue weighted by Gasteiger charge is 2.35. The molecule has 0 spiro atoms. The van der Waals surface area contributed by atoms with Crippen molar-refractivity contribution in [2.45, 2.75) is 44.6 Å². The summed E-state index contributed by atoms with van der Waals surface area (Å²) in [6, 6.07) is -0.418. The van der Waals surface area contributed by atoms with Gasteiger partial charge >= 0.3 is 5.69 Å². The Morgan fingerprint density at radius 3 is 3.00 bits per heavy atom. The van der Waals surface area contributed by atoms with Crippen molar-refractivity contribution < 1.29 is 4.74 Å². The molecule has 1 saturated heterocycles. The summed E-state index contributed by atoms with van der Waals surface area (Å²) in [5.41, 5.74) is 13.7. The molecule has 9 nitrogen and oxygen atoms in total. The van der Waals surface area contributed by atoms with Gasteiger partial charge in [-0.05, 0) is 12.0 Å². The standard InChI is InChI=1S/C12H18N6O3/c1-2-3-7-6-18(12(20)15-11(7)19)10-4-8(16-17-14)9(5-13)21-10/h6,8-10H,2-5,13H2,1H3,(H,15,19,20)/t8?,9-,10-/m0/s1. The number of hydrogen-bond acceptors (Lipinski definition) is 5. The zero-order valence-corrected chi connectivity index (χ0v) is 11.7. The van der Waals surface area contributed by atoms with Gasteiger partial charge in [-0.2, -0.15) is 0 Å².